The lowest BCUT2D eigenvalue weighted by Crippen LogP contribution is -2.08. The Balaban J connectivity index is 1.87. The minimum Gasteiger partial charge on any atom is -0.488 e. The zero-order valence-corrected chi connectivity index (χ0v) is 11.4. The number of anilines is 1. The first-order valence-electron chi connectivity index (χ1n) is 6.50. The van der Waals surface area contributed by atoms with Crippen LogP contribution in [0.15, 0.2) is 53.1 Å². The predicted molar refractivity (Wildman–Crippen MR) is 76.4 cm³/mol. The number of nitrogen functional groups attached to an aromatic ring is 1. The first-order chi connectivity index (χ1) is 10.4. The van der Waals surface area contributed by atoms with E-state index in [9.17, 15) is 13.2 Å². The number of para-hydroxylation sites is 1. The summed E-state index contributed by atoms with van der Waals surface area (Å²) >= 11 is 0. The third-order valence-corrected chi connectivity index (χ3v) is 3.25. The zero-order valence-electron chi connectivity index (χ0n) is 11.4. The normalized spacial score (nSPS) is 11.8. The van der Waals surface area contributed by atoms with Gasteiger partial charge in [-0.3, -0.25) is 0 Å². The average Bonchev–Trinajstić information content (AvgIpc) is 2.87. The molecule has 114 valence electrons. The van der Waals surface area contributed by atoms with E-state index >= 15 is 0 Å². The number of alkyl halides is 3. The van der Waals surface area contributed by atoms with Crippen molar-refractivity contribution in [2.75, 3.05) is 5.73 Å². The summed E-state index contributed by atoms with van der Waals surface area (Å²) in [5, 5.41) is 0.726. The van der Waals surface area contributed by atoms with E-state index in [1.165, 1.54) is 24.5 Å². The molecule has 0 bridgehead atoms. The molecule has 0 fully saturated rings. The fourth-order valence-electron chi connectivity index (χ4n) is 2.19. The topological polar surface area (TPSA) is 48.4 Å². The van der Waals surface area contributed by atoms with E-state index in [0.717, 1.165) is 11.5 Å². The van der Waals surface area contributed by atoms with Crippen LogP contribution in [0.2, 0.25) is 0 Å². The van der Waals surface area contributed by atoms with Crippen LogP contribution >= 0.6 is 0 Å². The molecule has 22 heavy (non-hydrogen) atoms. The molecular formula is C16H12F3NO2. The van der Waals surface area contributed by atoms with Crippen LogP contribution in [-0.2, 0) is 12.8 Å². The van der Waals surface area contributed by atoms with Crippen molar-refractivity contribution in [1.29, 1.82) is 0 Å². The summed E-state index contributed by atoms with van der Waals surface area (Å²) in [6, 6.07) is 10.2. The second-order valence-electron chi connectivity index (χ2n) is 4.80. The third-order valence-electron chi connectivity index (χ3n) is 3.25. The molecule has 0 radical (unpaired) electrons. The van der Waals surface area contributed by atoms with Gasteiger partial charge in [-0.25, -0.2) is 0 Å². The molecule has 0 saturated carbocycles. The Morgan fingerprint density at radius 2 is 1.86 bits per heavy atom. The molecule has 6 heteroatoms. The maximum Gasteiger partial charge on any atom is 0.419 e. The molecule has 3 nitrogen and oxygen atoms in total. The molecule has 0 atom stereocenters. The van der Waals surface area contributed by atoms with Gasteiger partial charge in [-0.05, 0) is 30.3 Å². The van der Waals surface area contributed by atoms with Crippen LogP contribution in [0.1, 0.15) is 11.1 Å². The summed E-state index contributed by atoms with van der Waals surface area (Å²) in [7, 11) is 0. The molecule has 1 aromatic heterocycles. The fraction of sp³-hybridized carbons (Fsp3) is 0.125. The maximum absolute atomic E-state index is 12.9. The van der Waals surface area contributed by atoms with E-state index in [2.05, 4.69) is 0 Å². The van der Waals surface area contributed by atoms with Crippen LogP contribution in [0.4, 0.5) is 18.9 Å². The van der Waals surface area contributed by atoms with Gasteiger partial charge in [0.25, 0.3) is 0 Å². The summed E-state index contributed by atoms with van der Waals surface area (Å²) < 4.78 is 49.4. The summed E-state index contributed by atoms with van der Waals surface area (Å²) in [5.74, 6) is -0.215. The summed E-state index contributed by atoms with van der Waals surface area (Å²) in [5.41, 5.74) is 6.70. The van der Waals surface area contributed by atoms with Gasteiger partial charge in [0, 0.05) is 16.6 Å². The quantitative estimate of drug-likeness (QED) is 0.719. The second-order valence-corrected chi connectivity index (χ2v) is 4.80. The van der Waals surface area contributed by atoms with E-state index in [4.69, 9.17) is 14.9 Å². The van der Waals surface area contributed by atoms with E-state index in [-0.39, 0.29) is 12.4 Å². The van der Waals surface area contributed by atoms with E-state index < -0.39 is 11.7 Å². The van der Waals surface area contributed by atoms with Gasteiger partial charge in [0.15, 0.2) is 0 Å². The van der Waals surface area contributed by atoms with Gasteiger partial charge in [0.05, 0.1) is 11.8 Å². The average molecular weight is 307 g/mol. The smallest absolute Gasteiger partial charge is 0.419 e. The Kier molecular flexibility index (Phi) is 3.44. The van der Waals surface area contributed by atoms with Crippen molar-refractivity contribution >= 4 is 16.7 Å². The number of benzene rings is 2. The number of ether oxygens (including phenoxy) is 1. The number of hydrogen-bond donors (Lipinski definition) is 1. The van der Waals surface area contributed by atoms with Gasteiger partial charge in [0.1, 0.15) is 17.9 Å². The minimum atomic E-state index is -4.46. The third kappa shape index (κ3) is 2.72. The lowest BCUT2D eigenvalue weighted by molar-refractivity contribution is -0.139. The Morgan fingerprint density at radius 3 is 2.64 bits per heavy atom. The highest BCUT2D eigenvalue weighted by molar-refractivity contribution is 5.84. The molecule has 3 rings (SSSR count). The highest BCUT2D eigenvalue weighted by atomic mass is 19.4. The van der Waals surface area contributed by atoms with Gasteiger partial charge in [-0.2, -0.15) is 13.2 Å². The number of fused-ring (bicyclic) bond motifs is 1. The molecule has 2 N–H and O–H groups in total. The van der Waals surface area contributed by atoms with E-state index in [1.807, 2.05) is 0 Å². The van der Waals surface area contributed by atoms with Crippen LogP contribution < -0.4 is 10.5 Å². The first kappa shape index (κ1) is 14.3. The van der Waals surface area contributed by atoms with Gasteiger partial charge in [0.2, 0.25) is 0 Å². The summed E-state index contributed by atoms with van der Waals surface area (Å²) in [4.78, 5) is 0. The molecule has 0 unspecified atom stereocenters. The van der Waals surface area contributed by atoms with E-state index in [1.54, 1.807) is 18.2 Å². The SMILES string of the molecule is Nc1ccc2occ(COc3ccccc3C(F)(F)F)c2c1. The highest BCUT2D eigenvalue weighted by Crippen LogP contribution is 2.36. The molecule has 0 spiro atoms. The maximum atomic E-state index is 12.9. The zero-order chi connectivity index (χ0) is 15.7. The predicted octanol–water partition coefficient (Wildman–Crippen LogP) is 4.61. The Morgan fingerprint density at radius 1 is 1.09 bits per heavy atom. The molecule has 0 aliphatic heterocycles. The van der Waals surface area contributed by atoms with Crippen LogP contribution in [0.25, 0.3) is 11.0 Å². The molecule has 1 heterocycles. The van der Waals surface area contributed by atoms with Gasteiger partial charge >= 0.3 is 6.18 Å². The molecule has 2 aromatic carbocycles. The molecule has 0 amide bonds. The number of nitrogens with two attached hydrogens (primary N) is 1. The minimum absolute atomic E-state index is 0.0381. The lowest BCUT2D eigenvalue weighted by atomic mass is 10.1. The van der Waals surface area contributed by atoms with Crippen molar-refractivity contribution in [2.24, 2.45) is 0 Å². The second kappa shape index (κ2) is 5.29. The molecule has 0 aliphatic rings. The number of furan rings is 1. The van der Waals surface area contributed by atoms with Gasteiger partial charge in [-0.1, -0.05) is 12.1 Å². The van der Waals surface area contributed by atoms with Crippen LogP contribution in [0, 0.1) is 0 Å². The van der Waals surface area contributed by atoms with Crippen LogP contribution in [0.5, 0.6) is 5.75 Å². The number of rotatable bonds is 3. The standard InChI is InChI=1S/C16H12F3NO2/c17-16(18,19)13-3-1-2-4-15(13)22-9-10-8-21-14-6-5-11(20)7-12(10)14/h1-8H,9,20H2. The van der Waals surface area contributed by atoms with Crippen molar-refractivity contribution in [1.82, 2.24) is 0 Å². The number of hydrogen-bond acceptors (Lipinski definition) is 3. The van der Waals surface area contributed by atoms with Gasteiger partial charge < -0.3 is 14.9 Å². The Labute approximate surface area is 124 Å². The number of halogens is 3. The molecule has 0 aliphatic carbocycles. The van der Waals surface area contributed by atoms with Gasteiger partial charge in [-0.15, -0.1) is 0 Å². The van der Waals surface area contributed by atoms with Crippen molar-refractivity contribution < 1.29 is 22.3 Å². The first-order valence-corrected chi connectivity index (χ1v) is 6.50. The molecule has 3 aromatic rings. The van der Waals surface area contributed by atoms with E-state index in [0.29, 0.717) is 16.8 Å². The summed E-state index contributed by atoms with van der Waals surface area (Å²) in [6.45, 7) is -0.0381. The fourth-order valence-corrected chi connectivity index (χ4v) is 2.19. The van der Waals surface area contributed by atoms with Crippen LogP contribution in [-0.4, -0.2) is 0 Å². The van der Waals surface area contributed by atoms with Crippen LogP contribution in [0.3, 0.4) is 0 Å². The highest BCUT2D eigenvalue weighted by Gasteiger charge is 2.34. The summed E-state index contributed by atoms with van der Waals surface area (Å²) in [6.07, 6.45) is -3.00. The molecular weight excluding hydrogens is 295 g/mol. The van der Waals surface area contributed by atoms with Crippen molar-refractivity contribution in [3.8, 4) is 5.75 Å². The Bertz CT molecular complexity index is 809. The largest absolute Gasteiger partial charge is 0.488 e. The Hall–Kier alpha value is -2.63. The van der Waals surface area contributed by atoms with Crippen molar-refractivity contribution in [3.05, 3.63) is 59.9 Å². The van der Waals surface area contributed by atoms with Crippen molar-refractivity contribution in [2.45, 2.75) is 12.8 Å². The van der Waals surface area contributed by atoms with Crippen molar-refractivity contribution in [3.63, 3.8) is 0 Å². The monoisotopic (exact) mass is 307 g/mol. The molecule has 0 saturated heterocycles. The lowest BCUT2D eigenvalue weighted by Gasteiger charge is -2.13.